The molecule has 0 radical (unpaired) electrons. The maximum absolute atomic E-state index is 11.9. The lowest BCUT2D eigenvalue weighted by molar-refractivity contribution is -0.133. The predicted molar refractivity (Wildman–Crippen MR) is 51.4 cm³/mol. The van der Waals surface area contributed by atoms with Crippen molar-refractivity contribution in [1.29, 1.82) is 5.26 Å². The third-order valence-corrected chi connectivity index (χ3v) is 3.04. The molecule has 0 aromatic rings. The fourth-order valence-corrected chi connectivity index (χ4v) is 2.26. The monoisotopic (exact) mass is 193 g/mol. The molecule has 0 bridgehead atoms. The lowest BCUT2D eigenvalue weighted by Crippen LogP contribution is -2.45. The number of nitrogens with one attached hydrogen (secondary N) is 1. The first-order valence-electron chi connectivity index (χ1n) is 5.26. The first-order chi connectivity index (χ1) is 6.83. The van der Waals surface area contributed by atoms with Gasteiger partial charge in [-0.15, -0.1) is 0 Å². The molecule has 2 saturated heterocycles. The van der Waals surface area contributed by atoms with Crippen molar-refractivity contribution >= 4 is 5.91 Å². The minimum absolute atomic E-state index is 0.0241. The second-order valence-electron chi connectivity index (χ2n) is 3.97. The van der Waals surface area contributed by atoms with Crippen LogP contribution in [0.15, 0.2) is 0 Å². The summed E-state index contributed by atoms with van der Waals surface area (Å²) in [5.41, 5.74) is 0. The summed E-state index contributed by atoms with van der Waals surface area (Å²) < 4.78 is 0. The Balaban J connectivity index is 2.00. The van der Waals surface area contributed by atoms with E-state index in [0.717, 1.165) is 38.8 Å². The number of hydrogen-bond donors (Lipinski definition) is 1. The molecule has 2 rings (SSSR count). The number of carbonyl (C=O) groups is 1. The number of nitrogens with zero attached hydrogens (tertiary/aromatic N) is 2. The van der Waals surface area contributed by atoms with Gasteiger partial charge in [-0.1, -0.05) is 0 Å². The van der Waals surface area contributed by atoms with E-state index in [1.54, 1.807) is 4.90 Å². The summed E-state index contributed by atoms with van der Waals surface area (Å²) in [6, 6.07) is 2.00. The average molecular weight is 193 g/mol. The van der Waals surface area contributed by atoms with Crippen LogP contribution in [-0.2, 0) is 4.79 Å². The molecule has 2 fully saturated rings. The zero-order chi connectivity index (χ0) is 9.97. The molecule has 0 aromatic carbocycles. The second kappa shape index (κ2) is 3.97. The van der Waals surface area contributed by atoms with E-state index in [-0.39, 0.29) is 18.0 Å². The molecule has 2 atom stereocenters. The van der Waals surface area contributed by atoms with Crippen LogP contribution in [0.5, 0.6) is 0 Å². The fourth-order valence-electron chi connectivity index (χ4n) is 2.26. The summed E-state index contributed by atoms with van der Waals surface area (Å²) in [6.45, 7) is 1.69. The highest BCUT2D eigenvalue weighted by Gasteiger charge is 2.33. The zero-order valence-electron chi connectivity index (χ0n) is 8.20. The number of rotatable bonds is 1. The topological polar surface area (TPSA) is 56.1 Å². The Hall–Kier alpha value is -1.08. The Morgan fingerprint density at radius 1 is 1.43 bits per heavy atom. The lowest BCUT2D eigenvalue weighted by atomic mass is 10.2. The van der Waals surface area contributed by atoms with Gasteiger partial charge < -0.3 is 10.2 Å². The van der Waals surface area contributed by atoms with Gasteiger partial charge in [0.2, 0.25) is 5.91 Å². The van der Waals surface area contributed by atoms with Crippen molar-refractivity contribution in [3.63, 3.8) is 0 Å². The van der Waals surface area contributed by atoms with Gasteiger partial charge in [0.15, 0.2) is 0 Å². The van der Waals surface area contributed by atoms with E-state index in [1.165, 1.54) is 0 Å². The quantitative estimate of drug-likeness (QED) is 0.649. The standard InChI is InChI=1S/C10H15N3O/c11-7-8-3-2-6-13(8)10(14)9-4-1-5-12-9/h8-9,12H,1-6H2/t8-,9-/m0/s1. The van der Waals surface area contributed by atoms with Crippen LogP contribution in [0.25, 0.3) is 0 Å². The predicted octanol–water partition coefficient (Wildman–Crippen LogP) is 0.253. The van der Waals surface area contributed by atoms with Crippen LogP contribution in [0.3, 0.4) is 0 Å². The Labute approximate surface area is 83.9 Å². The van der Waals surface area contributed by atoms with E-state index in [2.05, 4.69) is 11.4 Å². The maximum Gasteiger partial charge on any atom is 0.240 e. The van der Waals surface area contributed by atoms with Gasteiger partial charge >= 0.3 is 0 Å². The number of hydrogen-bond acceptors (Lipinski definition) is 3. The highest BCUT2D eigenvalue weighted by Crippen LogP contribution is 2.19. The van der Waals surface area contributed by atoms with Crippen molar-refractivity contribution in [3.05, 3.63) is 0 Å². The van der Waals surface area contributed by atoms with Gasteiger partial charge in [-0.2, -0.15) is 5.26 Å². The summed E-state index contributed by atoms with van der Waals surface area (Å²) >= 11 is 0. The van der Waals surface area contributed by atoms with Crippen molar-refractivity contribution in [2.75, 3.05) is 13.1 Å². The van der Waals surface area contributed by atoms with Crippen molar-refractivity contribution in [1.82, 2.24) is 10.2 Å². The van der Waals surface area contributed by atoms with E-state index in [4.69, 9.17) is 5.26 Å². The molecule has 1 N–H and O–H groups in total. The van der Waals surface area contributed by atoms with Gasteiger partial charge in [0.25, 0.3) is 0 Å². The van der Waals surface area contributed by atoms with Crippen LogP contribution >= 0.6 is 0 Å². The summed E-state index contributed by atoms with van der Waals surface area (Å²) in [5.74, 6) is 0.131. The van der Waals surface area contributed by atoms with Gasteiger partial charge in [0.1, 0.15) is 6.04 Å². The second-order valence-corrected chi connectivity index (χ2v) is 3.97. The van der Waals surface area contributed by atoms with Crippen molar-refractivity contribution in [2.24, 2.45) is 0 Å². The van der Waals surface area contributed by atoms with Crippen LogP contribution in [-0.4, -0.2) is 36.0 Å². The van der Waals surface area contributed by atoms with Crippen molar-refractivity contribution < 1.29 is 4.79 Å². The van der Waals surface area contributed by atoms with E-state index in [9.17, 15) is 4.79 Å². The van der Waals surface area contributed by atoms with Gasteiger partial charge in [-0.25, -0.2) is 0 Å². The smallest absolute Gasteiger partial charge is 0.240 e. The normalized spacial score (nSPS) is 31.8. The van der Waals surface area contributed by atoms with Crippen LogP contribution < -0.4 is 5.32 Å². The molecular formula is C10H15N3O. The molecule has 0 spiro atoms. The first-order valence-corrected chi connectivity index (χ1v) is 5.26. The third-order valence-electron chi connectivity index (χ3n) is 3.04. The van der Waals surface area contributed by atoms with Crippen LogP contribution in [0.1, 0.15) is 25.7 Å². The van der Waals surface area contributed by atoms with Gasteiger partial charge in [0.05, 0.1) is 12.1 Å². The Morgan fingerprint density at radius 3 is 2.93 bits per heavy atom. The molecule has 0 aromatic heterocycles. The van der Waals surface area contributed by atoms with Gasteiger partial charge in [-0.05, 0) is 32.2 Å². The van der Waals surface area contributed by atoms with Crippen LogP contribution in [0.2, 0.25) is 0 Å². The highest BCUT2D eigenvalue weighted by atomic mass is 16.2. The molecule has 0 unspecified atom stereocenters. The number of likely N-dealkylation sites (tertiary alicyclic amines) is 1. The molecule has 4 heteroatoms. The van der Waals surface area contributed by atoms with Crippen LogP contribution in [0, 0.1) is 11.3 Å². The van der Waals surface area contributed by atoms with Gasteiger partial charge in [0, 0.05) is 6.54 Å². The van der Waals surface area contributed by atoms with E-state index in [0.29, 0.717) is 0 Å². The molecule has 2 aliphatic rings. The summed E-state index contributed by atoms with van der Waals surface area (Å²) in [5, 5.41) is 12.0. The average Bonchev–Trinajstić information content (AvgIpc) is 2.87. The number of nitriles is 1. The van der Waals surface area contributed by atoms with Crippen molar-refractivity contribution in [2.45, 2.75) is 37.8 Å². The van der Waals surface area contributed by atoms with E-state index in [1.807, 2.05) is 0 Å². The first kappa shape index (κ1) is 9.47. The third kappa shape index (κ3) is 1.60. The molecule has 1 amide bonds. The Bertz CT molecular complexity index is 265. The molecule has 14 heavy (non-hydrogen) atoms. The molecule has 0 saturated carbocycles. The summed E-state index contributed by atoms with van der Waals surface area (Å²) in [4.78, 5) is 13.7. The van der Waals surface area contributed by atoms with Crippen LogP contribution in [0.4, 0.5) is 0 Å². The minimum atomic E-state index is -0.176. The number of carbonyl (C=O) groups excluding carboxylic acids is 1. The molecule has 4 nitrogen and oxygen atoms in total. The molecule has 2 aliphatic heterocycles. The highest BCUT2D eigenvalue weighted by molar-refractivity contribution is 5.83. The fraction of sp³-hybridized carbons (Fsp3) is 0.800. The van der Waals surface area contributed by atoms with E-state index >= 15 is 0 Å². The maximum atomic E-state index is 11.9. The lowest BCUT2D eigenvalue weighted by Gasteiger charge is -2.23. The number of amides is 1. The molecule has 2 heterocycles. The SMILES string of the molecule is N#C[C@@H]1CCCN1C(=O)[C@@H]1CCCN1. The summed E-state index contributed by atoms with van der Waals surface area (Å²) in [6.07, 6.45) is 3.81. The Kier molecular flexibility index (Phi) is 2.69. The van der Waals surface area contributed by atoms with Crippen molar-refractivity contribution in [3.8, 4) is 6.07 Å². The zero-order valence-corrected chi connectivity index (χ0v) is 8.20. The Morgan fingerprint density at radius 2 is 2.29 bits per heavy atom. The summed E-state index contributed by atoms with van der Waals surface area (Å²) in [7, 11) is 0. The minimum Gasteiger partial charge on any atom is -0.325 e. The molecular weight excluding hydrogens is 178 g/mol. The largest absolute Gasteiger partial charge is 0.325 e. The molecule has 76 valence electrons. The van der Waals surface area contributed by atoms with E-state index < -0.39 is 0 Å². The molecule has 0 aliphatic carbocycles. The van der Waals surface area contributed by atoms with Gasteiger partial charge in [-0.3, -0.25) is 4.79 Å².